The van der Waals surface area contributed by atoms with Gasteiger partial charge in [-0.2, -0.15) is 9.97 Å². The quantitative estimate of drug-likeness (QED) is 0.616. The topological polar surface area (TPSA) is 69.1 Å². The Labute approximate surface area is 133 Å². The lowest BCUT2D eigenvalue weighted by Gasteiger charge is -2.02. The van der Waals surface area contributed by atoms with E-state index in [1.54, 1.807) is 0 Å². The molecule has 4 rings (SSSR count). The van der Waals surface area contributed by atoms with Crippen molar-refractivity contribution in [2.75, 3.05) is 5.73 Å². The predicted molar refractivity (Wildman–Crippen MR) is 92.8 cm³/mol. The second-order valence-corrected chi connectivity index (χ2v) is 5.42. The Morgan fingerprint density at radius 3 is 2.52 bits per heavy atom. The number of hydrogen-bond acceptors (Lipinski definition) is 4. The molecule has 2 aromatic heterocycles. The number of imidazole rings is 1. The van der Waals surface area contributed by atoms with Crippen molar-refractivity contribution in [3.8, 4) is 0 Å². The number of aromatic nitrogens is 4. The van der Waals surface area contributed by atoms with Crippen molar-refractivity contribution in [2.24, 2.45) is 0 Å². The van der Waals surface area contributed by atoms with Crippen LogP contribution in [0.25, 0.3) is 29.0 Å². The molecule has 0 atom stereocenters. The summed E-state index contributed by atoms with van der Waals surface area (Å²) in [5.41, 5.74) is 10.00. The van der Waals surface area contributed by atoms with E-state index in [1.807, 2.05) is 40.8 Å². The minimum absolute atomic E-state index is 0.219. The van der Waals surface area contributed by atoms with E-state index in [4.69, 9.17) is 5.73 Å². The molecule has 0 unspecified atom stereocenters. The molecule has 0 saturated carbocycles. The summed E-state index contributed by atoms with van der Waals surface area (Å²) in [5, 5.41) is 0. The van der Waals surface area contributed by atoms with Crippen LogP contribution in [-0.4, -0.2) is 19.4 Å². The first kappa shape index (κ1) is 13.5. The fourth-order valence-electron chi connectivity index (χ4n) is 2.57. The molecule has 0 spiro atoms. The van der Waals surface area contributed by atoms with Gasteiger partial charge < -0.3 is 5.73 Å². The molecule has 0 radical (unpaired) electrons. The van der Waals surface area contributed by atoms with Crippen LogP contribution >= 0.6 is 0 Å². The summed E-state index contributed by atoms with van der Waals surface area (Å²) in [7, 11) is 0. The van der Waals surface area contributed by atoms with Crippen molar-refractivity contribution in [2.45, 2.75) is 6.92 Å². The first-order valence-corrected chi connectivity index (χ1v) is 7.36. The number of nitrogens with two attached hydrogens (primary N) is 1. The summed E-state index contributed by atoms with van der Waals surface area (Å²) in [4.78, 5) is 13.1. The van der Waals surface area contributed by atoms with Gasteiger partial charge in [-0.15, -0.1) is 0 Å². The maximum Gasteiger partial charge on any atom is 0.239 e. The van der Waals surface area contributed by atoms with Gasteiger partial charge in [-0.05, 0) is 30.7 Å². The maximum absolute atomic E-state index is 5.83. The Morgan fingerprint density at radius 2 is 1.70 bits per heavy atom. The zero-order valence-corrected chi connectivity index (χ0v) is 12.6. The van der Waals surface area contributed by atoms with E-state index < -0.39 is 0 Å². The smallest absolute Gasteiger partial charge is 0.239 e. The molecular weight excluding hydrogens is 286 g/mol. The number of aryl methyl sites for hydroxylation is 1. The number of fused-ring (bicyclic) bond motifs is 3. The number of rotatable bonds is 2. The second-order valence-electron chi connectivity index (χ2n) is 5.42. The number of nitrogens with zero attached hydrogens (tertiary/aromatic N) is 4. The molecule has 0 aliphatic rings. The highest BCUT2D eigenvalue weighted by atomic mass is 15.2. The van der Waals surface area contributed by atoms with Crippen molar-refractivity contribution in [3.05, 3.63) is 65.5 Å². The van der Waals surface area contributed by atoms with Crippen molar-refractivity contribution < 1.29 is 0 Å². The maximum atomic E-state index is 5.83. The third kappa shape index (κ3) is 2.42. The lowest BCUT2D eigenvalue weighted by molar-refractivity contribution is 1.02. The minimum Gasteiger partial charge on any atom is -0.368 e. The van der Waals surface area contributed by atoms with Gasteiger partial charge in [-0.3, -0.25) is 4.40 Å². The number of anilines is 1. The molecule has 0 amide bonds. The van der Waals surface area contributed by atoms with E-state index in [-0.39, 0.29) is 5.95 Å². The lowest BCUT2D eigenvalue weighted by atomic mass is 10.1. The summed E-state index contributed by atoms with van der Waals surface area (Å²) in [6.45, 7) is 2.07. The number of nitrogen functional groups attached to an aromatic ring is 1. The van der Waals surface area contributed by atoms with Crippen LogP contribution in [0.1, 0.15) is 17.0 Å². The molecule has 0 bridgehead atoms. The highest BCUT2D eigenvalue weighted by molar-refractivity contribution is 5.81. The van der Waals surface area contributed by atoms with Crippen molar-refractivity contribution in [1.29, 1.82) is 0 Å². The van der Waals surface area contributed by atoms with Crippen LogP contribution in [0.4, 0.5) is 5.95 Å². The number of benzene rings is 2. The Kier molecular flexibility index (Phi) is 3.05. The monoisotopic (exact) mass is 301 g/mol. The van der Waals surface area contributed by atoms with Gasteiger partial charge in [0.1, 0.15) is 5.82 Å². The summed E-state index contributed by atoms with van der Waals surface area (Å²) in [5.74, 6) is 1.49. The van der Waals surface area contributed by atoms with Crippen molar-refractivity contribution in [3.63, 3.8) is 0 Å². The first-order valence-electron chi connectivity index (χ1n) is 7.36. The standard InChI is InChI=1S/C18H15N5/c1-12-6-8-13(9-7-12)10-11-16-21-17(19)22-18-20-14-4-2-3-5-15(14)23(16)18/h2-11H,1H3,(H2,19,20,22). The molecule has 4 aromatic rings. The van der Waals surface area contributed by atoms with Crippen LogP contribution in [0.15, 0.2) is 48.5 Å². The van der Waals surface area contributed by atoms with Crippen molar-refractivity contribution in [1.82, 2.24) is 19.4 Å². The SMILES string of the molecule is Cc1ccc(C=Cc2nc(N)nc3nc4ccccc4n23)cc1. The molecule has 0 saturated heterocycles. The van der Waals surface area contributed by atoms with E-state index in [0.717, 1.165) is 16.6 Å². The molecule has 23 heavy (non-hydrogen) atoms. The summed E-state index contributed by atoms with van der Waals surface area (Å²) in [6, 6.07) is 16.2. The highest BCUT2D eigenvalue weighted by Crippen LogP contribution is 2.18. The van der Waals surface area contributed by atoms with E-state index in [9.17, 15) is 0 Å². The van der Waals surface area contributed by atoms with Gasteiger partial charge in [0, 0.05) is 0 Å². The van der Waals surface area contributed by atoms with Gasteiger partial charge in [0.05, 0.1) is 11.0 Å². The lowest BCUT2D eigenvalue weighted by Crippen LogP contribution is -2.03. The number of hydrogen-bond donors (Lipinski definition) is 1. The molecule has 2 aromatic carbocycles. The van der Waals surface area contributed by atoms with Crippen LogP contribution in [0.5, 0.6) is 0 Å². The summed E-state index contributed by atoms with van der Waals surface area (Å²) in [6.07, 6.45) is 3.94. The minimum atomic E-state index is 0.219. The Bertz CT molecular complexity index is 1030. The Hall–Kier alpha value is -3.21. The second kappa shape index (κ2) is 5.21. The van der Waals surface area contributed by atoms with Gasteiger partial charge >= 0.3 is 0 Å². The Morgan fingerprint density at radius 1 is 0.913 bits per heavy atom. The molecular formula is C18H15N5. The molecule has 5 nitrogen and oxygen atoms in total. The van der Waals surface area contributed by atoms with E-state index in [0.29, 0.717) is 11.6 Å². The highest BCUT2D eigenvalue weighted by Gasteiger charge is 2.09. The van der Waals surface area contributed by atoms with E-state index in [2.05, 4.69) is 46.1 Å². The zero-order valence-electron chi connectivity index (χ0n) is 12.6. The fraction of sp³-hybridized carbons (Fsp3) is 0.0556. The molecule has 5 heteroatoms. The van der Waals surface area contributed by atoms with Crippen LogP contribution in [0.2, 0.25) is 0 Å². The normalized spacial score (nSPS) is 11.7. The van der Waals surface area contributed by atoms with Gasteiger partial charge in [-0.1, -0.05) is 48.0 Å². The van der Waals surface area contributed by atoms with Crippen LogP contribution in [0, 0.1) is 6.92 Å². The van der Waals surface area contributed by atoms with Crippen LogP contribution in [0.3, 0.4) is 0 Å². The van der Waals surface area contributed by atoms with E-state index in [1.165, 1.54) is 5.56 Å². The van der Waals surface area contributed by atoms with Crippen molar-refractivity contribution >= 4 is 34.9 Å². The fourth-order valence-corrected chi connectivity index (χ4v) is 2.57. The van der Waals surface area contributed by atoms with Gasteiger partial charge in [-0.25, -0.2) is 4.98 Å². The molecule has 112 valence electrons. The molecule has 2 N–H and O–H groups in total. The largest absolute Gasteiger partial charge is 0.368 e. The third-order valence-electron chi connectivity index (χ3n) is 3.72. The van der Waals surface area contributed by atoms with Crippen LogP contribution < -0.4 is 5.73 Å². The number of para-hydroxylation sites is 2. The average molecular weight is 301 g/mol. The zero-order chi connectivity index (χ0) is 15.8. The van der Waals surface area contributed by atoms with Gasteiger partial charge in [0.2, 0.25) is 11.7 Å². The van der Waals surface area contributed by atoms with E-state index >= 15 is 0 Å². The average Bonchev–Trinajstić information content (AvgIpc) is 2.92. The third-order valence-corrected chi connectivity index (χ3v) is 3.72. The van der Waals surface area contributed by atoms with Gasteiger partial charge in [0.15, 0.2) is 0 Å². The predicted octanol–water partition coefficient (Wildman–Crippen LogP) is 3.34. The summed E-state index contributed by atoms with van der Waals surface area (Å²) < 4.78 is 1.91. The molecule has 0 aliphatic carbocycles. The van der Waals surface area contributed by atoms with Crippen LogP contribution in [-0.2, 0) is 0 Å². The summed E-state index contributed by atoms with van der Waals surface area (Å²) >= 11 is 0. The molecule has 0 aliphatic heterocycles. The Balaban J connectivity index is 1.89. The van der Waals surface area contributed by atoms with Gasteiger partial charge in [0.25, 0.3) is 0 Å². The molecule has 0 fully saturated rings. The molecule has 2 heterocycles. The first-order chi connectivity index (χ1) is 11.2.